The summed E-state index contributed by atoms with van der Waals surface area (Å²) >= 11 is 0. The number of halogens is 1. The minimum Gasteiger partial charge on any atom is -0.490 e. The predicted octanol–water partition coefficient (Wildman–Crippen LogP) is 3.13. The second-order valence-electron chi connectivity index (χ2n) is 5.40. The molecule has 0 spiro atoms. The SMILES string of the molecule is C[C@H](N)c1cc(F)ccc1OCC(C)(O)c1ccccc1. The van der Waals surface area contributed by atoms with Gasteiger partial charge in [0.2, 0.25) is 0 Å². The molecular formula is C17H20FNO2. The van der Waals surface area contributed by atoms with Crippen molar-refractivity contribution in [2.75, 3.05) is 6.61 Å². The second kappa shape index (κ2) is 6.24. The van der Waals surface area contributed by atoms with Crippen LogP contribution < -0.4 is 10.5 Å². The fourth-order valence-corrected chi connectivity index (χ4v) is 2.11. The van der Waals surface area contributed by atoms with Crippen LogP contribution in [0.5, 0.6) is 5.75 Å². The van der Waals surface area contributed by atoms with Crippen LogP contribution in [0, 0.1) is 5.82 Å². The van der Waals surface area contributed by atoms with Crippen molar-refractivity contribution in [3.8, 4) is 5.75 Å². The molecule has 0 saturated heterocycles. The minimum atomic E-state index is -1.13. The quantitative estimate of drug-likeness (QED) is 0.889. The van der Waals surface area contributed by atoms with Crippen LogP contribution in [0.25, 0.3) is 0 Å². The maximum absolute atomic E-state index is 13.3. The van der Waals surface area contributed by atoms with E-state index in [1.807, 2.05) is 30.3 Å². The molecular weight excluding hydrogens is 269 g/mol. The van der Waals surface area contributed by atoms with E-state index in [-0.39, 0.29) is 18.5 Å². The molecule has 3 N–H and O–H groups in total. The highest BCUT2D eigenvalue weighted by atomic mass is 19.1. The van der Waals surface area contributed by atoms with E-state index in [1.54, 1.807) is 13.8 Å². The second-order valence-corrected chi connectivity index (χ2v) is 5.40. The summed E-state index contributed by atoms with van der Waals surface area (Å²) in [6.07, 6.45) is 0. The summed E-state index contributed by atoms with van der Waals surface area (Å²) in [7, 11) is 0. The summed E-state index contributed by atoms with van der Waals surface area (Å²) in [6, 6.07) is 13.1. The zero-order chi connectivity index (χ0) is 15.5. The number of nitrogens with two attached hydrogens (primary N) is 1. The molecule has 112 valence electrons. The Morgan fingerprint density at radius 3 is 2.52 bits per heavy atom. The Balaban J connectivity index is 2.16. The van der Waals surface area contributed by atoms with Gasteiger partial charge in [-0.25, -0.2) is 4.39 Å². The van der Waals surface area contributed by atoms with Crippen molar-refractivity contribution in [2.24, 2.45) is 5.73 Å². The molecule has 2 aromatic carbocycles. The molecule has 0 bridgehead atoms. The Morgan fingerprint density at radius 2 is 1.90 bits per heavy atom. The van der Waals surface area contributed by atoms with Crippen LogP contribution in [0.15, 0.2) is 48.5 Å². The molecule has 0 saturated carbocycles. The van der Waals surface area contributed by atoms with E-state index in [0.717, 1.165) is 5.56 Å². The summed E-state index contributed by atoms with van der Waals surface area (Å²) in [5.41, 5.74) is 6.03. The zero-order valence-electron chi connectivity index (χ0n) is 12.2. The molecule has 2 aromatic rings. The normalized spacial score (nSPS) is 15.3. The molecule has 0 radical (unpaired) electrons. The molecule has 0 aromatic heterocycles. The van der Waals surface area contributed by atoms with Crippen molar-refractivity contribution in [3.05, 3.63) is 65.5 Å². The van der Waals surface area contributed by atoms with Gasteiger partial charge >= 0.3 is 0 Å². The van der Waals surface area contributed by atoms with Gasteiger partial charge in [0.05, 0.1) is 0 Å². The molecule has 2 atom stereocenters. The summed E-state index contributed by atoms with van der Waals surface area (Å²) in [5, 5.41) is 10.5. The number of aliphatic hydroxyl groups is 1. The number of hydrogen-bond donors (Lipinski definition) is 2. The maximum atomic E-state index is 13.3. The van der Waals surface area contributed by atoms with E-state index in [0.29, 0.717) is 11.3 Å². The van der Waals surface area contributed by atoms with Crippen LogP contribution in [0.3, 0.4) is 0 Å². The molecule has 21 heavy (non-hydrogen) atoms. The van der Waals surface area contributed by atoms with Crippen molar-refractivity contribution in [1.29, 1.82) is 0 Å². The fourth-order valence-electron chi connectivity index (χ4n) is 2.11. The van der Waals surface area contributed by atoms with Crippen LogP contribution in [0.1, 0.15) is 31.0 Å². The van der Waals surface area contributed by atoms with Crippen molar-refractivity contribution in [1.82, 2.24) is 0 Å². The van der Waals surface area contributed by atoms with E-state index >= 15 is 0 Å². The number of benzene rings is 2. The molecule has 2 rings (SSSR count). The molecule has 3 nitrogen and oxygen atoms in total. The minimum absolute atomic E-state index is 0.0579. The van der Waals surface area contributed by atoms with Gasteiger partial charge in [-0.3, -0.25) is 0 Å². The summed E-state index contributed by atoms with van der Waals surface area (Å²) in [4.78, 5) is 0. The lowest BCUT2D eigenvalue weighted by Crippen LogP contribution is -2.29. The van der Waals surface area contributed by atoms with E-state index < -0.39 is 5.60 Å². The number of ether oxygens (including phenoxy) is 1. The van der Waals surface area contributed by atoms with E-state index in [9.17, 15) is 9.50 Å². The van der Waals surface area contributed by atoms with Gasteiger partial charge in [0.15, 0.2) is 0 Å². The molecule has 0 aliphatic heterocycles. The third-order valence-electron chi connectivity index (χ3n) is 3.37. The van der Waals surface area contributed by atoms with Crippen LogP contribution >= 0.6 is 0 Å². The van der Waals surface area contributed by atoms with Gasteiger partial charge in [0, 0.05) is 11.6 Å². The monoisotopic (exact) mass is 289 g/mol. The topological polar surface area (TPSA) is 55.5 Å². The van der Waals surface area contributed by atoms with Gasteiger partial charge in [-0.1, -0.05) is 30.3 Å². The lowest BCUT2D eigenvalue weighted by atomic mass is 9.97. The lowest BCUT2D eigenvalue weighted by molar-refractivity contribution is 0.00720. The molecule has 0 fully saturated rings. The van der Waals surface area contributed by atoms with Gasteiger partial charge in [-0.2, -0.15) is 0 Å². The van der Waals surface area contributed by atoms with E-state index in [1.165, 1.54) is 18.2 Å². The van der Waals surface area contributed by atoms with Crippen molar-refractivity contribution in [2.45, 2.75) is 25.5 Å². The van der Waals surface area contributed by atoms with Gasteiger partial charge in [0.1, 0.15) is 23.8 Å². The molecule has 1 unspecified atom stereocenters. The van der Waals surface area contributed by atoms with E-state index in [2.05, 4.69) is 0 Å². The Hall–Kier alpha value is -1.91. The van der Waals surface area contributed by atoms with E-state index in [4.69, 9.17) is 10.5 Å². The summed E-state index contributed by atoms with van der Waals surface area (Å²) in [5.74, 6) is 0.132. The third-order valence-corrected chi connectivity index (χ3v) is 3.37. The third kappa shape index (κ3) is 3.80. The smallest absolute Gasteiger partial charge is 0.124 e. The largest absolute Gasteiger partial charge is 0.490 e. The first-order valence-corrected chi connectivity index (χ1v) is 6.86. The van der Waals surface area contributed by atoms with Crippen LogP contribution in [0.4, 0.5) is 4.39 Å². The zero-order valence-corrected chi connectivity index (χ0v) is 12.2. The van der Waals surface area contributed by atoms with Crippen LogP contribution in [-0.2, 0) is 5.60 Å². The highest BCUT2D eigenvalue weighted by molar-refractivity contribution is 5.36. The molecule has 0 heterocycles. The summed E-state index contributed by atoms with van der Waals surface area (Å²) < 4.78 is 19.0. The van der Waals surface area contributed by atoms with Gasteiger partial charge in [0.25, 0.3) is 0 Å². The molecule has 0 aliphatic rings. The average Bonchev–Trinajstić information content (AvgIpc) is 2.47. The maximum Gasteiger partial charge on any atom is 0.124 e. The molecule has 4 heteroatoms. The Bertz CT molecular complexity index is 597. The molecule has 0 aliphatic carbocycles. The Morgan fingerprint density at radius 1 is 1.24 bits per heavy atom. The Labute approximate surface area is 124 Å². The first-order valence-electron chi connectivity index (χ1n) is 6.86. The van der Waals surface area contributed by atoms with Crippen molar-refractivity contribution >= 4 is 0 Å². The lowest BCUT2D eigenvalue weighted by Gasteiger charge is -2.25. The average molecular weight is 289 g/mol. The molecule has 0 amide bonds. The highest BCUT2D eigenvalue weighted by Crippen LogP contribution is 2.27. The van der Waals surface area contributed by atoms with Crippen LogP contribution in [0.2, 0.25) is 0 Å². The fraction of sp³-hybridized carbons (Fsp3) is 0.294. The van der Waals surface area contributed by atoms with Crippen LogP contribution in [-0.4, -0.2) is 11.7 Å². The number of hydrogen-bond acceptors (Lipinski definition) is 3. The first kappa shape index (κ1) is 15.5. The highest BCUT2D eigenvalue weighted by Gasteiger charge is 2.24. The standard InChI is InChI=1S/C17H20FNO2/c1-12(19)15-10-14(18)8-9-16(15)21-11-17(2,20)13-6-4-3-5-7-13/h3-10,12,20H,11,19H2,1-2H3/t12-,17?/m0/s1. The first-order chi connectivity index (χ1) is 9.90. The Kier molecular flexibility index (Phi) is 4.60. The van der Waals surface area contributed by atoms with Crippen molar-refractivity contribution < 1.29 is 14.2 Å². The van der Waals surface area contributed by atoms with Gasteiger partial charge in [-0.15, -0.1) is 0 Å². The predicted molar refractivity (Wildman–Crippen MR) is 80.5 cm³/mol. The van der Waals surface area contributed by atoms with Crippen molar-refractivity contribution in [3.63, 3.8) is 0 Å². The van der Waals surface area contributed by atoms with Gasteiger partial charge in [-0.05, 0) is 37.6 Å². The number of rotatable bonds is 5. The summed E-state index contributed by atoms with van der Waals surface area (Å²) in [6.45, 7) is 3.50. The van der Waals surface area contributed by atoms with Gasteiger partial charge < -0.3 is 15.6 Å².